The van der Waals surface area contributed by atoms with Gasteiger partial charge in [-0.2, -0.15) is 0 Å². The molecular weight excluding hydrogens is 558 g/mol. The second-order valence-corrected chi connectivity index (χ2v) is 10.1. The van der Waals surface area contributed by atoms with Gasteiger partial charge in [0.25, 0.3) is 0 Å². The van der Waals surface area contributed by atoms with Gasteiger partial charge in [0, 0.05) is 58.7 Å². The molecule has 0 aliphatic carbocycles. The molecule has 0 unspecified atom stereocenters. The molecule has 4 N–H and O–H groups in total. The molecule has 12 heteroatoms. The lowest BCUT2D eigenvalue weighted by molar-refractivity contribution is -0.156. The molecule has 0 saturated carbocycles. The fourth-order valence-electron chi connectivity index (χ4n) is 3.61. The molecule has 0 radical (unpaired) electrons. The van der Waals surface area contributed by atoms with Gasteiger partial charge in [-0.3, -0.25) is 24.0 Å². The Hall–Kier alpha value is -3.19. The van der Waals surface area contributed by atoms with Crippen LogP contribution in [0.5, 0.6) is 0 Å². The summed E-state index contributed by atoms with van der Waals surface area (Å²) in [6, 6.07) is 0. The van der Waals surface area contributed by atoms with E-state index in [1.54, 1.807) is 0 Å². The molecule has 0 aliphatic heterocycles. The highest BCUT2D eigenvalue weighted by Crippen LogP contribution is 2.22. The summed E-state index contributed by atoms with van der Waals surface area (Å²) in [4.78, 5) is 58.7. The third kappa shape index (κ3) is 23.0. The van der Waals surface area contributed by atoms with Gasteiger partial charge in [-0.1, -0.05) is 19.7 Å². The number of nitrogens with one attached hydrogen (secondary N) is 2. The van der Waals surface area contributed by atoms with Crippen LogP contribution in [0.2, 0.25) is 0 Å². The van der Waals surface area contributed by atoms with E-state index < -0.39 is 11.4 Å². The van der Waals surface area contributed by atoms with Crippen molar-refractivity contribution < 1.29 is 42.9 Å². The lowest BCUT2D eigenvalue weighted by atomic mass is 9.92. The topological polar surface area (TPSA) is 172 Å². The van der Waals surface area contributed by atoms with Crippen molar-refractivity contribution >= 4 is 29.4 Å². The van der Waals surface area contributed by atoms with E-state index in [-0.39, 0.29) is 62.7 Å². The molecule has 0 aromatic rings. The third-order valence-corrected chi connectivity index (χ3v) is 6.12. The van der Waals surface area contributed by atoms with Crippen LogP contribution in [-0.4, -0.2) is 95.2 Å². The molecule has 0 fully saturated rings. The van der Waals surface area contributed by atoms with Crippen LogP contribution in [0.4, 0.5) is 0 Å². The number of allylic oxidation sites excluding steroid dienone is 2. The SMILES string of the molecule is C=CC(=O)CCCCOCC(COCCCCC(=O)C=C)(COCCCNC(=O)C=C)COC(=O)CCC(=O)NCCN. The van der Waals surface area contributed by atoms with Crippen molar-refractivity contribution in [2.24, 2.45) is 11.1 Å². The number of nitrogens with two attached hydrogens (primary N) is 1. The highest BCUT2D eigenvalue weighted by molar-refractivity contribution is 5.89. The van der Waals surface area contributed by atoms with Crippen LogP contribution in [0.25, 0.3) is 0 Å². The molecule has 43 heavy (non-hydrogen) atoms. The summed E-state index contributed by atoms with van der Waals surface area (Å²) in [5, 5.41) is 5.29. The summed E-state index contributed by atoms with van der Waals surface area (Å²) < 4.78 is 23.4. The first kappa shape index (κ1) is 39.8. The van der Waals surface area contributed by atoms with Crippen molar-refractivity contribution in [3.8, 4) is 0 Å². The molecule has 12 nitrogen and oxygen atoms in total. The second kappa shape index (κ2) is 26.4. The Labute approximate surface area is 255 Å². The van der Waals surface area contributed by atoms with Crippen LogP contribution in [0.1, 0.15) is 57.8 Å². The van der Waals surface area contributed by atoms with Crippen LogP contribution in [0, 0.1) is 5.41 Å². The van der Waals surface area contributed by atoms with Gasteiger partial charge in [-0.25, -0.2) is 0 Å². The molecule has 0 rings (SSSR count). The number of ketones is 2. The Balaban J connectivity index is 5.28. The fraction of sp³-hybridized carbons (Fsp3) is 0.645. The Morgan fingerprint density at radius 2 is 1.16 bits per heavy atom. The van der Waals surface area contributed by atoms with Crippen LogP contribution in [0.15, 0.2) is 38.0 Å². The molecule has 0 saturated heterocycles. The van der Waals surface area contributed by atoms with Gasteiger partial charge in [-0.15, -0.1) is 0 Å². The van der Waals surface area contributed by atoms with E-state index in [1.165, 1.54) is 18.2 Å². The summed E-state index contributed by atoms with van der Waals surface area (Å²) in [7, 11) is 0. The maximum Gasteiger partial charge on any atom is 0.306 e. The zero-order valence-corrected chi connectivity index (χ0v) is 25.5. The zero-order valence-electron chi connectivity index (χ0n) is 25.5. The number of hydrogen-bond donors (Lipinski definition) is 3. The highest BCUT2D eigenvalue weighted by atomic mass is 16.5. The van der Waals surface area contributed by atoms with Gasteiger partial charge in [0.1, 0.15) is 6.61 Å². The lowest BCUT2D eigenvalue weighted by Crippen LogP contribution is -2.43. The maximum atomic E-state index is 12.5. The number of unbranched alkanes of at least 4 members (excludes halogenated alkanes) is 2. The summed E-state index contributed by atoms with van der Waals surface area (Å²) >= 11 is 0. The molecule has 0 spiro atoms. The van der Waals surface area contributed by atoms with Gasteiger partial charge in [-0.05, 0) is 50.3 Å². The van der Waals surface area contributed by atoms with E-state index in [0.29, 0.717) is 84.4 Å². The molecule has 2 amide bonds. The van der Waals surface area contributed by atoms with Gasteiger partial charge < -0.3 is 35.3 Å². The first-order valence-electron chi connectivity index (χ1n) is 14.8. The number of carbonyl (C=O) groups is 5. The van der Waals surface area contributed by atoms with Crippen molar-refractivity contribution in [1.29, 1.82) is 0 Å². The summed E-state index contributed by atoms with van der Waals surface area (Å²) in [6.45, 7) is 12.8. The number of rotatable bonds is 30. The maximum absolute atomic E-state index is 12.5. The van der Waals surface area contributed by atoms with Crippen molar-refractivity contribution in [1.82, 2.24) is 10.6 Å². The van der Waals surface area contributed by atoms with Gasteiger partial charge in [0.15, 0.2) is 11.6 Å². The van der Waals surface area contributed by atoms with E-state index in [4.69, 9.17) is 24.7 Å². The average Bonchev–Trinajstić information content (AvgIpc) is 3.01. The second-order valence-electron chi connectivity index (χ2n) is 10.1. The Kier molecular flexibility index (Phi) is 24.5. The summed E-state index contributed by atoms with van der Waals surface area (Å²) in [5.41, 5.74) is 4.52. The number of carbonyl (C=O) groups excluding carboxylic acids is 5. The Bertz CT molecular complexity index is 798. The Morgan fingerprint density at radius 1 is 0.628 bits per heavy atom. The van der Waals surface area contributed by atoms with Crippen LogP contribution in [0.3, 0.4) is 0 Å². The van der Waals surface area contributed by atoms with E-state index in [9.17, 15) is 24.0 Å². The van der Waals surface area contributed by atoms with Crippen molar-refractivity contribution in [3.63, 3.8) is 0 Å². The third-order valence-electron chi connectivity index (χ3n) is 6.12. The molecule has 0 aliphatic rings. The van der Waals surface area contributed by atoms with Gasteiger partial charge in [0.2, 0.25) is 11.8 Å². The first-order chi connectivity index (χ1) is 20.7. The quantitative estimate of drug-likeness (QED) is 0.0621. The van der Waals surface area contributed by atoms with Crippen molar-refractivity contribution in [2.45, 2.75) is 57.8 Å². The van der Waals surface area contributed by atoms with Crippen molar-refractivity contribution in [3.05, 3.63) is 38.0 Å². The Morgan fingerprint density at radius 3 is 1.65 bits per heavy atom. The minimum Gasteiger partial charge on any atom is -0.465 e. The molecule has 0 bridgehead atoms. The number of hydrogen-bond acceptors (Lipinski definition) is 10. The normalized spacial score (nSPS) is 10.9. The molecule has 0 aromatic carbocycles. The van der Waals surface area contributed by atoms with Crippen LogP contribution < -0.4 is 16.4 Å². The molecule has 244 valence electrons. The summed E-state index contributed by atoms with van der Waals surface area (Å²) in [6.07, 6.45) is 7.56. The van der Waals surface area contributed by atoms with E-state index >= 15 is 0 Å². The first-order valence-corrected chi connectivity index (χ1v) is 14.8. The number of ether oxygens (including phenoxy) is 4. The van der Waals surface area contributed by atoms with E-state index in [1.807, 2.05) is 0 Å². The lowest BCUT2D eigenvalue weighted by Gasteiger charge is -2.32. The van der Waals surface area contributed by atoms with Crippen LogP contribution >= 0.6 is 0 Å². The van der Waals surface area contributed by atoms with Crippen LogP contribution in [-0.2, 0) is 42.9 Å². The smallest absolute Gasteiger partial charge is 0.306 e. The predicted molar refractivity (Wildman–Crippen MR) is 163 cm³/mol. The number of amides is 2. The van der Waals surface area contributed by atoms with E-state index in [2.05, 4.69) is 30.4 Å². The van der Waals surface area contributed by atoms with E-state index in [0.717, 1.165) is 0 Å². The standard InChI is InChI=1S/C31H51N3O9/c1-4-26(35)12-7-9-19-40-22-31(23-41-20-10-8-13-27(36)5-2,24-42-21-11-17-33-28(37)6-3)25-43-30(39)15-14-29(38)34-18-16-32/h4-6H,1-3,7-25,32H2,(H,33,37)(H,34,38). The fourth-order valence-corrected chi connectivity index (χ4v) is 3.61. The van der Waals surface area contributed by atoms with Gasteiger partial charge >= 0.3 is 5.97 Å². The molecule has 0 heterocycles. The minimum absolute atomic E-state index is 0.0289. The zero-order chi connectivity index (χ0) is 32.2. The average molecular weight is 610 g/mol. The number of esters is 1. The largest absolute Gasteiger partial charge is 0.465 e. The van der Waals surface area contributed by atoms with Gasteiger partial charge in [0.05, 0.1) is 31.7 Å². The highest BCUT2D eigenvalue weighted by Gasteiger charge is 2.34. The molecule has 0 aromatic heterocycles. The predicted octanol–water partition coefficient (Wildman–Crippen LogP) is 1.96. The minimum atomic E-state index is -0.865. The molecular formula is C31H51N3O9. The summed E-state index contributed by atoms with van der Waals surface area (Å²) in [5.74, 6) is -1.18. The van der Waals surface area contributed by atoms with Crippen molar-refractivity contribution in [2.75, 3.05) is 65.9 Å². The monoisotopic (exact) mass is 609 g/mol. The molecule has 0 atom stereocenters.